The number of piperazine rings is 1. The van der Waals surface area contributed by atoms with Crippen molar-refractivity contribution >= 4 is 11.9 Å². The lowest BCUT2D eigenvalue weighted by Gasteiger charge is -2.43. The average molecular weight is 296 g/mol. The third-order valence-corrected chi connectivity index (χ3v) is 4.97. The summed E-state index contributed by atoms with van der Waals surface area (Å²) in [6.45, 7) is 11.8. The van der Waals surface area contributed by atoms with Gasteiger partial charge in [-0.05, 0) is 39.5 Å². The monoisotopic (exact) mass is 296 g/mol. The van der Waals surface area contributed by atoms with Gasteiger partial charge >= 0.3 is 5.97 Å². The smallest absolute Gasteiger partial charge is 0.307 e. The number of carbonyl (C=O) groups is 2. The Bertz CT molecular complexity index is 408. The van der Waals surface area contributed by atoms with Crippen molar-refractivity contribution in [3.8, 4) is 0 Å². The zero-order valence-electron chi connectivity index (χ0n) is 13.6. The molecule has 1 heterocycles. The summed E-state index contributed by atoms with van der Waals surface area (Å²) in [5.74, 6) is -1.24. The van der Waals surface area contributed by atoms with Crippen LogP contribution >= 0.6 is 0 Å². The fraction of sp³-hybridized carbons (Fsp3) is 0.875. The summed E-state index contributed by atoms with van der Waals surface area (Å²) in [5.41, 5.74) is 0.126. The maximum absolute atomic E-state index is 12.7. The first kappa shape index (κ1) is 16.3. The van der Waals surface area contributed by atoms with Gasteiger partial charge in [-0.2, -0.15) is 0 Å². The van der Waals surface area contributed by atoms with Crippen molar-refractivity contribution < 1.29 is 14.7 Å². The van der Waals surface area contributed by atoms with Gasteiger partial charge in [-0.3, -0.25) is 14.5 Å². The largest absolute Gasteiger partial charge is 0.481 e. The molecule has 1 saturated carbocycles. The van der Waals surface area contributed by atoms with Crippen LogP contribution in [0, 0.1) is 17.8 Å². The van der Waals surface area contributed by atoms with E-state index in [1.54, 1.807) is 0 Å². The Morgan fingerprint density at radius 2 is 1.52 bits per heavy atom. The van der Waals surface area contributed by atoms with Crippen LogP contribution in [0.4, 0.5) is 0 Å². The van der Waals surface area contributed by atoms with Gasteiger partial charge in [0.2, 0.25) is 5.91 Å². The quantitative estimate of drug-likeness (QED) is 0.842. The highest BCUT2D eigenvalue weighted by atomic mass is 16.4. The highest BCUT2D eigenvalue weighted by molar-refractivity contribution is 5.85. The normalized spacial score (nSPS) is 31.4. The molecule has 1 N–H and O–H groups in total. The Hall–Kier alpha value is -1.10. The Kier molecular flexibility index (Phi) is 4.61. The molecule has 1 unspecified atom stereocenters. The van der Waals surface area contributed by atoms with Crippen LogP contribution < -0.4 is 0 Å². The topological polar surface area (TPSA) is 60.9 Å². The predicted octanol–water partition coefficient (Wildman–Crippen LogP) is 1.68. The molecule has 0 radical (unpaired) electrons. The zero-order chi connectivity index (χ0) is 15.8. The second-order valence-electron chi connectivity index (χ2n) is 7.61. The third kappa shape index (κ3) is 3.57. The van der Waals surface area contributed by atoms with Crippen molar-refractivity contribution in [2.75, 3.05) is 26.2 Å². The van der Waals surface area contributed by atoms with Gasteiger partial charge in [-0.1, -0.05) is 6.92 Å². The van der Waals surface area contributed by atoms with Gasteiger partial charge in [0.05, 0.1) is 11.8 Å². The summed E-state index contributed by atoms with van der Waals surface area (Å²) in [7, 11) is 0. The molecule has 0 aromatic heterocycles. The molecule has 120 valence electrons. The highest BCUT2D eigenvalue weighted by Gasteiger charge is 2.43. The van der Waals surface area contributed by atoms with Crippen LogP contribution in [0.5, 0.6) is 0 Å². The van der Waals surface area contributed by atoms with Crippen LogP contribution in [0.1, 0.15) is 40.5 Å². The summed E-state index contributed by atoms with van der Waals surface area (Å²) >= 11 is 0. The summed E-state index contributed by atoms with van der Waals surface area (Å²) in [6.07, 6.45) is 1.35. The van der Waals surface area contributed by atoms with E-state index in [1.807, 2.05) is 11.8 Å². The first-order valence-corrected chi connectivity index (χ1v) is 7.97. The maximum Gasteiger partial charge on any atom is 0.307 e. The molecule has 1 saturated heterocycles. The molecule has 3 atom stereocenters. The Morgan fingerprint density at radius 1 is 1.00 bits per heavy atom. The molecule has 0 spiro atoms. The summed E-state index contributed by atoms with van der Waals surface area (Å²) in [5, 5.41) is 9.32. The molecule has 2 aliphatic rings. The zero-order valence-corrected chi connectivity index (χ0v) is 13.6. The number of carboxylic acids is 1. The molecule has 2 fully saturated rings. The Balaban J connectivity index is 1.97. The molecule has 0 aromatic rings. The van der Waals surface area contributed by atoms with Gasteiger partial charge in [0.25, 0.3) is 0 Å². The van der Waals surface area contributed by atoms with Crippen LogP contribution in [0.2, 0.25) is 0 Å². The van der Waals surface area contributed by atoms with Crippen LogP contribution in [0.25, 0.3) is 0 Å². The van der Waals surface area contributed by atoms with E-state index in [-0.39, 0.29) is 17.4 Å². The SMILES string of the molecule is CC1C[C@H](C(=O)N2CCN(C(C)(C)C)CC2)[C@H](C(=O)O)C1. The number of aliphatic carboxylic acids is 1. The van der Waals surface area contributed by atoms with Gasteiger partial charge in [-0.25, -0.2) is 0 Å². The van der Waals surface area contributed by atoms with Crippen LogP contribution in [-0.2, 0) is 9.59 Å². The number of nitrogens with zero attached hydrogens (tertiary/aromatic N) is 2. The summed E-state index contributed by atoms with van der Waals surface area (Å²) < 4.78 is 0. The van der Waals surface area contributed by atoms with E-state index in [2.05, 4.69) is 25.7 Å². The van der Waals surface area contributed by atoms with Crippen molar-refractivity contribution in [3.05, 3.63) is 0 Å². The van der Waals surface area contributed by atoms with Crippen molar-refractivity contribution in [3.63, 3.8) is 0 Å². The third-order valence-electron chi connectivity index (χ3n) is 4.97. The number of carbonyl (C=O) groups excluding carboxylic acids is 1. The number of hydrogen-bond acceptors (Lipinski definition) is 3. The summed E-state index contributed by atoms with van der Waals surface area (Å²) in [4.78, 5) is 28.3. The molecule has 0 aromatic carbocycles. The molecule has 1 aliphatic heterocycles. The molecule has 5 heteroatoms. The number of rotatable bonds is 2. The van der Waals surface area contributed by atoms with Gasteiger partial charge in [0.15, 0.2) is 0 Å². The van der Waals surface area contributed by atoms with Gasteiger partial charge < -0.3 is 10.0 Å². The Morgan fingerprint density at radius 3 is 2.00 bits per heavy atom. The lowest BCUT2D eigenvalue weighted by atomic mass is 9.94. The van der Waals surface area contributed by atoms with E-state index < -0.39 is 11.9 Å². The molecule has 21 heavy (non-hydrogen) atoms. The Labute approximate surface area is 127 Å². The molecule has 2 rings (SSSR count). The fourth-order valence-electron chi connectivity index (χ4n) is 3.67. The van der Waals surface area contributed by atoms with Crippen LogP contribution in [-0.4, -0.2) is 58.5 Å². The standard InChI is InChI=1S/C16H28N2O3/c1-11-9-12(13(10-11)15(20)21)14(19)17-5-7-18(8-6-17)16(2,3)4/h11-13H,5-10H2,1-4H3,(H,20,21)/t11?,12-,13+/m0/s1. The van der Waals surface area contributed by atoms with Gasteiger partial charge in [-0.15, -0.1) is 0 Å². The lowest BCUT2D eigenvalue weighted by molar-refractivity contribution is -0.150. The van der Waals surface area contributed by atoms with E-state index in [4.69, 9.17) is 0 Å². The fourth-order valence-corrected chi connectivity index (χ4v) is 3.67. The molecule has 1 aliphatic carbocycles. The van der Waals surface area contributed by atoms with E-state index in [9.17, 15) is 14.7 Å². The summed E-state index contributed by atoms with van der Waals surface area (Å²) in [6, 6.07) is 0. The number of hydrogen-bond donors (Lipinski definition) is 1. The van der Waals surface area contributed by atoms with Crippen molar-refractivity contribution in [2.45, 2.75) is 46.1 Å². The minimum Gasteiger partial charge on any atom is -0.481 e. The minimum absolute atomic E-state index is 0.0558. The van der Waals surface area contributed by atoms with Crippen molar-refractivity contribution in [1.82, 2.24) is 9.80 Å². The van der Waals surface area contributed by atoms with Crippen LogP contribution in [0.3, 0.4) is 0 Å². The van der Waals surface area contributed by atoms with Crippen molar-refractivity contribution in [1.29, 1.82) is 0 Å². The predicted molar refractivity (Wildman–Crippen MR) is 80.9 cm³/mol. The average Bonchev–Trinajstić information content (AvgIpc) is 2.79. The van der Waals surface area contributed by atoms with E-state index in [1.165, 1.54) is 0 Å². The van der Waals surface area contributed by atoms with Crippen LogP contribution in [0.15, 0.2) is 0 Å². The van der Waals surface area contributed by atoms with E-state index in [0.717, 1.165) is 19.5 Å². The van der Waals surface area contributed by atoms with Crippen molar-refractivity contribution in [2.24, 2.45) is 17.8 Å². The molecular weight excluding hydrogens is 268 g/mol. The van der Waals surface area contributed by atoms with Gasteiger partial charge in [0.1, 0.15) is 0 Å². The van der Waals surface area contributed by atoms with Gasteiger partial charge in [0, 0.05) is 31.7 Å². The lowest BCUT2D eigenvalue weighted by Crippen LogP contribution is -2.55. The number of amides is 1. The molecule has 0 bridgehead atoms. The maximum atomic E-state index is 12.7. The van der Waals surface area contributed by atoms with E-state index >= 15 is 0 Å². The van der Waals surface area contributed by atoms with E-state index in [0.29, 0.717) is 25.4 Å². The second-order valence-corrected chi connectivity index (χ2v) is 7.61. The number of carboxylic acid groups (broad SMARTS) is 1. The first-order valence-electron chi connectivity index (χ1n) is 7.97. The molecule has 5 nitrogen and oxygen atoms in total. The first-order chi connectivity index (χ1) is 9.70. The minimum atomic E-state index is -0.814. The molecule has 1 amide bonds. The highest BCUT2D eigenvalue weighted by Crippen LogP contribution is 2.37. The molecular formula is C16H28N2O3. The second kappa shape index (κ2) is 5.95.